The van der Waals surface area contributed by atoms with Crippen LogP contribution >= 0.6 is 23.4 Å². The van der Waals surface area contributed by atoms with E-state index >= 15 is 0 Å². The minimum atomic E-state index is 0.327. The van der Waals surface area contributed by atoms with E-state index in [1.54, 1.807) is 13.1 Å². The van der Waals surface area contributed by atoms with Gasteiger partial charge < -0.3 is 4.42 Å². The van der Waals surface area contributed by atoms with Gasteiger partial charge in [-0.15, -0.1) is 10.2 Å². The average molecular weight is 229 g/mol. The molecule has 0 radical (unpaired) electrons. The Balaban J connectivity index is 2.23. The fourth-order valence-electron chi connectivity index (χ4n) is 0.779. The molecule has 2 heterocycles. The van der Waals surface area contributed by atoms with Gasteiger partial charge >= 0.3 is 0 Å². The van der Waals surface area contributed by atoms with Crippen molar-refractivity contribution in [2.45, 2.75) is 17.2 Å². The molecule has 2 aromatic heterocycles. The number of nitrogens with zero attached hydrogens (tertiary/aromatic N) is 4. The Morgan fingerprint density at radius 3 is 2.71 bits per heavy atom. The minimum Gasteiger partial charge on any atom is -0.416 e. The monoisotopic (exact) mass is 228 g/mol. The highest BCUT2D eigenvalue weighted by Crippen LogP contribution is 2.28. The second-order valence-corrected chi connectivity index (χ2v) is 3.64. The van der Waals surface area contributed by atoms with Crippen LogP contribution in [0.1, 0.15) is 5.89 Å². The molecule has 0 aliphatic carbocycles. The van der Waals surface area contributed by atoms with Crippen LogP contribution in [0.15, 0.2) is 27.1 Å². The highest BCUT2D eigenvalue weighted by atomic mass is 35.5. The van der Waals surface area contributed by atoms with Gasteiger partial charge in [-0.3, -0.25) is 0 Å². The Bertz CT molecular complexity index is 447. The zero-order valence-electron chi connectivity index (χ0n) is 7.14. The van der Waals surface area contributed by atoms with Crippen LogP contribution in [-0.2, 0) is 0 Å². The third-order valence-electron chi connectivity index (χ3n) is 1.31. The van der Waals surface area contributed by atoms with E-state index in [1.165, 1.54) is 18.0 Å². The molecule has 0 aliphatic heterocycles. The summed E-state index contributed by atoms with van der Waals surface area (Å²) in [5.74, 6) is 0.507. The Hall–Kier alpha value is -1.14. The van der Waals surface area contributed by atoms with E-state index in [4.69, 9.17) is 16.0 Å². The molecule has 0 amide bonds. The summed E-state index contributed by atoms with van der Waals surface area (Å²) in [6.45, 7) is 1.72. The van der Waals surface area contributed by atoms with Crippen LogP contribution in [0.25, 0.3) is 0 Å². The first-order valence-electron chi connectivity index (χ1n) is 3.70. The Kier molecular flexibility index (Phi) is 2.64. The van der Waals surface area contributed by atoms with Crippen molar-refractivity contribution in [2.75, 3.05) is 0 Å². The molecule has 72 valence electrons. The quantitative estimate of drug-likeness (QED) is 0.783. The smallest absolute Gasteiger partial charge is 0.283 e. The summed E-state index contributed by atoms with van der Waals surface area (Å²) in [6, 6.07) is 0. The summed E-state index contributed by atoms with van der Waals surface area (Å²) in [5, 5.41) is 8.77. The maximum Gasteiger partial charge on any atom is 0.283 e. The van der Waals surface area contributed by atoms with Gasteiger partial charge in [0.2, 0.25) is 5.89 Å². The SMILES string of the molecule is Cc1nnc(Sc2nccnc2Cl)o1. The number of aromatic nitrogens is 4. The standard InChI is InChI=1S/C7H5ClN4OS/c1-4-11-12-7(13-4)14-6-5(8)9-2-3-10-6/h2-3H,1H3. The molecule has 0 spiro atoms. The van der Waals surface area contributed by atoms with Crippen molar-refractivity contribution in [2.24, 2.45) is 0 Å². The molecule has 0 aromatic carbocycles. The Labute approximate surface area is 88.9 Å². The predicted octanol–water partition coefficient (Wildman–Crippen LogP) is 1.97. The highest BCUT2D eigenvalue weighted by Gasteiger charge is 2.09. The van der Waals surface area contributed by atoms with Gasteiger partial charge in [-0.1, -0.05) is 11.6 Å². The number of hydrogen-bond acceptors (Lipinski definition) is 6. The second kappa shape index (κ2) is 3.93. The zero-order chi connectivity index (χ0) is 9.97. The van der Waals surface area contributed by atoms with Crippen LogP contribution in [0.4, 0.5) is 0 Å². The summed E-state index contributed by atoms with van der Waals surface area (Å²) in [5.41, 5.74) is 0. The lowest BCUT2D eigenvalue weighted by molar-refractivity contribution is 0.429. The molecule has 0 unspecified atom stereocenters. The average Bonchev–Trinajstić information content (AvgIpc) is 2.56. The highest BCUT2D eigenvalue weighted by molar-refractivity contribution is 7.99. The van der Waals surface area contributed by atoms with E-state index in [9.17, 15) is 0 Å². The number of rotatable bonds is 2. The molecule has 2 aromatic rings. The summed E-state index contributed by atoms with van der Waals surface area (Å²) in [7, 11) is 0. The van der Waals surface area contributed by atoms with Gasteiger partial charge in [0.25, 0.3) is 5.22 Å². The van der Waals surface area contributed by atoms with E-state index in [1.807, 2.05) is 0 Å². The van der Waals surface area contributed by atoms with Crippen molar-refractivity contribution >= 4 is 23.4 Å². The topological polar surface area (TPSA) is 64.7 Å². The van der Waals surface area contributed by atoms with Crippen LogP contribution < -0.4 is 0 Å². The maximum absolute atomic E-state index is 5.80. The summed E-state index contributed by atoms with van der Waals surface area (Å²) in [6.07, 6.45) is 3.07. The lowest BCUT2D eigenvalue weighted by atomic mass is 10.8. The molecule has 0 aliphatic rings. The maximum atomic E-state index is 5.80. The van der Waals surface area contributed by atoms with E-state index < -0.39 is 0 Å². The summed E-state index contributed by atoms with van der Waals surface area (Å²) < 4.78 is 5.16. The third-order valence-corrected chi connectivity index (χ3v) is 2.53. The van der Waals surface area contributed by atoms with Crippen LogP contribution in [0.5, 0.6) is 0 Å². The van der Waals surface area contributed by atoms with Crippen molar-refractivity contribution < 1.29 is 4.42 Å². The normalized spacial score (nSPS) is 10.4. The first-order chi connectivity index (χ1) is 6.75. The summed E-state index contributed by atoms with van der Waals surface area (Å²) >= 11 is 6.99. The largest absolute Gasteiger partial charge is 0.416 e. The van der Waals surface area contributed by atoms with Gasteiger partial charge in [0.1, 0.15) is 5.03 Å². The molecular weight excluding hydrogens is 224 g/mol. The minimum absolute atomic E-state index is 0.327. The number of hydrogen-bond donors (Lipinski definition) is 0. The van der Waals surface area contributed by atoms with Crippen molar-refractivity contribution in [1.29, 1.82) is 0 Å². The van der Waals surface area contributed by atoms with Gasteiger partial charge in [-0.25, -0.2) is 9.97 Å². The van der Waals surface area contributed by atoms with Crippen molar-refractivity contribution in [3.8, 4) is 0 Å². The molecular formula is C7H5ClN4OS. The predicted molar refractivity (Wildman–Crippen MR) is 50.2 cm³/mol. The molecule has 5 nitrogen and oxygen atoms in total. The molecule has 0 saturated carbocycles. The molecule has 0 N–H and O–H groups in total. The fraction of sp³-hybridized carbons (Fsp3) is 0.143. The van der Waals surface area contributed by atoms with Gasteiger partial charge in [0, 0.05) is 19.3 Å². The lowest BCUT2D eigenvalue weighted by Crippen LogP contribution is -1.84. The molecule has 0 fully saturated rings. The molecule has 7 heteroatoms. The number of aryl methyl sites for hydroxylation is 1. The van der Waals surface area contributed by atoms with Crippen molar-refractivity contribution in [1.82, 2.24) is 20.2 Å². The first kappa shape index (κ1) is 9.42. The second-order valence-electron chi connectivity index (χ2n) is 2.34. The van der Waals surface area contributed by atoms with E-state index in [0.29, 0.717) is 21.3 Å². The van der Waals surface area contributed by atoms with Crippen LogP contribution in [0, 0.1) is 6.92 Å². The molecule has 14 heavy (non-hydrogen) atoms. The van der Waals surface area contributed by atoms with Crippen LogP contribution in [0.3, 0.4) is 0 Å². The zero-order valence-corrected chi connectivity index (χ0v) is 8.71. The lowest BCUT2D eigenvalue weighted by Gasteiger charge is -1.95. The first-order valence-corrected chi connectivity index (χ1v) is 4.89. The Morgan fingerprint density at radius 1 is 1.29 bits per heavy atom. The van der Waals surface area contributed by atoms with Crippen molar-refractivity contribution in [3.05, 3.63) is 23.4 Å². The molecule has 0 saturated heterocycles. The Morgan fingerprint density at radius 2 is 2.07 bits per heavy atom. The van der Waals surface area contributed by atoms with Gasteiger partial charge in [-0.05, 0) is 11.8 Å². The molecule has 0 atom stereocenters. The third kappa shape index (κ3) is 2.02. The van der Waals surface area contributed by atoms with E-state index in [0.717, 1.165) is 0 Å². The van der Waals surface area contributed by atoms with E-state index in [2.05, 4.69) is 20.2 Å². The van der Waals surface area contributed by atoms with Crippen LogP contribution in [0.2, 0.25) is 5.15 Å². The van der Waals surface area contributed by atoms with Gasteiger partial charge in [0.05, 0.1) is 0 Å². The summed E-state index contributed by atoms with van der Waals surface area (Å²) in [4.78, 5) is 7.90. The molecule has 2 rings (SSSR count). The molecule has 0 bridgehead atoms. The van der Waals surface area contributed by atoms with Gasteiger partial charge in [-0.2, -0.15) is 0 Å². The van der Waals surface area contributed by atoms with Crippen LogP contribution in [-0.4, -0.2) is 20.2 Å². The fourth-order valence-corrected chi connectivity index (χ4v) is 1.66. The van der Waals surface area contributed by atoms with Crippen molar-refractivity contribution in [3.63, 3.8) is 0 Å². The van der Waals surface area contributed by atoms with E-state index in [-0.39, 0.29) is 0 Å². The van der Waals surface area contributed by atoms with Gasteiger partial charge in [0.15, 0.2) is 5.15 Å². The number of halogens is 1.